The maximum absolute atomic E-state index is 6.54. The monoisotopic (exact) mass is 263 g/mol. The fourth-order valence-electron chi connectivity index (χ4n) is 2.53. The van der Waals surface area contributed by atoms with E-state index in [1.807, 2.05) is 0 Å². The van der Waals surface area contributed by atoms with Gasteiger partial charge in [0.1, 0.15) is 0 Å². The first kappa shape index (κ1) is 13.8. The highest BCUT2D eigenvalue weighted by molar-refractivity contribution is 6.70. The minimum absolute atomic E-state index is 0.270. The topological polar surface area (TPSA) is 21.3 Å². The van der Waals surface area contributed by atoms with Gasteiger partial charge in [0.25, 0.3) is 0 Å². The van der Waals surface area contributed by atoms with Gasteiger partial charge in [0.15, 0.2) is 0 Å². The Balaban J connectivity index is 2.11. The smallest absolute Gasteiger partial charge is 0.213 e. The van der Waals surface area contributed by atoms with Crippen molar-refractivity contribution in [1.82, 2.24) is 5.32 Å². The molecule has 1 unspecified atom stereocenters. The number of hydrogen-bond donors (Lipinski definition) is 1. The van der Waals surface area contributed by atoms with Crippen molar-refractivity contribution in [3.63, 3.8) is 0 Å². The summed E-state index contributed by atoms with van der Waals surface area (Å²) in [4.78, 5) is 0. The maximum atomic E-state index is 6.54. The maximum Gasteiger partial charge on any atom is 0.213 e. The van der Waals surface area contributed by atoms with Gasteiger partial charge >= 0.3 is 0 Å². The number of nitrogens with one attached hydrogen (secondary N) is 1. The van der Waals surface area contributed by atoms with Crippen LogP contribution in [0.25, 0.3) is 0 Å². The lowest BCUT2D eigenvalue weighted by atomic mass is 10.1. The van der Waals surface area contributed by atoms with Crippen LogP contribution in [0.4, 0.5) is 0 Å². The fraction of sp³-hybridized carbons (Fsp3) is 0.600. The summed E-state index contributed by atoms with van der Waals surface area (Å²) < 4.78 is 6.54. The van der Waals surface area contributed by atoms with Crippen molar-refractivity contribution < 1.29 is 4.43 Å². The Morgan fingerprint density at radius 2 is 1.72 bits per heavy atom. The summed E-state index contributed by atoms with van der Waals surface area (Å²) in [6.45, 7) is 9.16. The highest BCUT2D eigenvalue weighted by Gasteiger charge is 2.32. The molecule has 100 valence electrons. The summed E-state index contributed by atoms with van der Waals surface area (Å²) in [5.74, 6) is 0. The van der Waals surface area contributed by atoms with E-state index in [2.05, 4.69) is 56.4 Å². The van der Waals surface area contributed by atoms with Gasteiger partial charge in [-0.25, -0.2) is 0 Å². The zero-order valence-electron chi connectivity index (χ0n) is 11.8. The zero-order chi connectivity index (χ0) is 13.0. The van der Waals surface area contributed by atoms with Crippen LogP contribution in [0.1, 0.15) is 33.6 Å². The van der Waals surface area contributed by atoms with Crippen molar-refractivity contribution >= 4 is 14.2 Å². The predicted molar refractivity (Wildman–Crippen MR) is 79.9 cm³/mol. The molecule has 1 N–H and O–H groups in total. The number of piperidine rings is 1. The van der Waals surface area contributed by atoms with E-state index < -0.39 is 9.04 Å². The molecule has 1 aromatic carbocycles. The first-order chi connectivity index (χ1) is 8.57. The van der Waals surface area contributed by atoms with Crippen LogP contribution in [-0.2, 0) is 4.43 Å². The van der Waals surface area contributed by atoms with Crippen molar-refractivity contribution in [3.8, 4) is 0 Å². The summed E-state index contributed by atoms with van der Waals surface area (Å²) in [7, 11) is -1.38. The van der Waals surface area contributed by atoms with E-state index in [9.17, 15) is 0 Å². The molecule has 1 heterocycles. The number of rotatable bonds is 3. The lowest BCUT2D eigenvalue weighted by Gasteiger charge is -2.34. The van der Waals surface area contributed by atoms with Gasteiger partial charge in [-0.15, -0.1) is 0 Å². The Morgan fingerprint density at radius 3 is 2.28 bits per heavy atom. The summed E-state index contributed by atoms with van der Waals surface area (Å²) in [5.41, 5.74) is 0. The summed E-state index contributed by atoms with van der Waals surface area (Å²) >= 11 is 0. The Bertz CT molecular complexity index is 355. The minimum Gasteiger partial charge on any atom is -0.412 e. The number of benzene rings is 1. The van der Waals surface area contributed by atoms with Crippen LogP contribution < -0.4 is 10.5 Å². The van der Waals surface area contributed by atoms with E-state index in [1.165, 1.54) is 5.19 Å². The lowest BCUT2D eigenvalue weighted by Crippen LogP contribution is -2.46. The lowest BCUT2D eigenvalue weighted by molar-refractivity contribution is 0.157. The van der Waals surface area contributed by atoms with E-state index in [0.717, 1.165) is 25.9 Å². The predicted octanol–water partition coefficient (Wildman–Crippen LogP) is 2.19. The molecule has 1 aromatic rings. The second-order valence-electron chi connectivity index (χ2n) is 6.24. The molecule has 1 aliphatic heterocycles. The minimum atomic E-state index is -1.38. The van der Waals surface area contributed by atoms with Gasteiger partial charge in [-0.3, -0.25) is 0 Å². The molecule has 0 saturated carbocycles. The molecule has 18 heavy (non-hydrogen) atoms. The molecular weight excluding hydrogens is 238 g/mol. The molecule has 0 aromatic heterocycles. The molecule has 2 nitrogen and oxygen atoms in total. The SMILES string of the molecule is CC(C)(C)[SiH](OC1CCNCC1)c1ccccc1. The molecule has 0 bridgehead atoms. The van der Waals surface area contributed by atoms with Crippen LogP contribution in [0.2, 0.25) is 5.04 Å². The molecular formula is C15H25NOSi. The highest BCUT2D eigenvalue weighted by Crippen LogP contribution is 2.29. The van der Waals surface area contributed by atoms with Gasteiger partial charge in [0.2, 0.25) is 9.04 Å². The van der Waals surface area contributed by atoms with Gasteiger partial charge in [-0.1, -0.05) is 51.1 Å². The molecule has 0 spiro atoms. The molecule has 1 aliphatic rings. The summed E-state index contributed by atoms with van der Waals surface area (Å²) in [6, 6.07) is 10.8. The fourth-order valence-corrected chi connectivity index (χ4v) is 5.33. The Labute approximate surface area is 112 Å². The van der Waals surface area contributed by atoms with Crippen LogP contribution in [0, 0.1) is 0 Å². The van der Waals surface area contributed by atoms with Crippen molar-refractivity contribution in [3.05, 3.63) is 30.3 Å². The standard InChI is InChI=1S/C15H25NOSi/c1-15(2,3)18(14-7-5-4-6-8-14)17-13-9-11-16-12-10-13/h4-8,13,16,18H,9-12H2,1-3H3. The van der Waals surface area contributed by atoms with Gasteiger partial charge in [0, 0.05) is 6.10 Å². The summed E-state index contributed by atoms with van der Waals surface area (Å²) in [6.07, 6.45) is 2.78. The largest absolute Gasteiger partial charge is 0.412 e. The van der Waals surface area contributed by atoms with Crippen molar-refractivity contribution in [1.29, 1.82) is 0 Å². The zero-order valence-corrected chi connectivity index (χ0v) is 12.9. The van der Waals surface area contributed by atoms with Crippen LogP contribution in [0.3, 0.4) is 0 Å². The molecule has 0 radical (unpaired) electrons. The third kappa shape index (κ3) is 3.67. The second kappa shape index (κ2) is 6.00. The van der Waals surface area contributed by atoms with Crippen LogP contribution in [0.15, 0.2) is 30.3 Å². The first-order valence-corrected chi connectivity index (χ1v) is 8.61. The average Bonchev–Trinajstić information content (AvgIpc) is 2.37. The van der Waals surface area contributed by atoms with E-state index >= 15 is 0 Å². The van der Waals surface area contributed by atoms with E-state index in [1.54, 1.807) is 0 Å². The average molecular weight is 263 g/mol. The van der Waals surface area contributed by atoms with Gasteiger partial charge in [0.05, 0.1) is 0 Å². The molecule has 1 saturated heterocycles. The molecule has 3 heteroatoms. The molecule has 2 rings (SSSR count). The molecule has 0 aliphatic carbocycles. The molecule has 1 fully saturated rings. The highest BCUT2D eigenvalue weighted by atomic mass is 28.3. The van der Waals surface area contributed by atoms with E-state index in [4.69, 9.17) is 4.43 Å². The van der Waals surface area contributed by atoms with Crippen molar-refractivity contribution in [2.75, 3.05) is 13.1 Å². The van der Waals surface area contributed by atoms with Crippen molar-refractivity contribution in [2.45, 2.75) is 44.8 Å². The Morgan fingerprint density at radius 1 is 1.11 bits per heavy atom. The molecule has 0 amide bonds. The Hall–Kier alpha value is -0.643. The van der Waals surface area contributed by atoms with Crippen LogP contribution >= 0.6 is 0 Å². The Kier molecular flexibility index (Phi) is 4.59. The second-order valence-corrected chi connectivity index (χ2v) is 9.67. The van der Waals surface area contributed by atoms with Crippen LogP contribution in [-0.4, -0.2) is 28.2 Å². The number of hydrogen-bond acceptors (Lipinski definition) is 2. The van der Waals surface area contributed by atoms with Crippen molar-refractivity contribution in [2.24, 2.45) is 0 Å². The quantitative estimate of drug-likeness (QED) is 0.844. The van der Waals surface area contributed by atoms with E-state index in [-0.39, 0.29) is 5.04 Å². The van der Waals surface area contributed by atoms with Crippen LogP contribution in [0.5, 0.6) is 0 Å². The third-order valence-corrected chi connectivity index (χ3v) is 6.72. The van der Waals surface area contributed by atoms with Gasteiger partial charge in [-0.2, -0.15) is 0 Å². The normalized spacial score (nSPS) is 19.7. The third-order valence-electron chi connectivity index (χ3n) is 3.50. The molecule has 1 atom stereocenters. The van der Waals surface area contributed by atoms with E-state index in [0.29, 0.717) is 6.10 Å². The first-order valence-electron chi connectivity index (χ1n) is 6.98. The summed E-state index contributed by atoms with van der Waals surface area (Å²) in [5, 5.41) is 5.11. The van der Waals surface area contributed by atoms with Gasteiger partial charge in [-0.05, 0) is 36.2 Å². The van der Waals surface area contributed by atoms with Gasteiger partial charge < -0.3 is 9.74 Å².